The zero-order chi connectivity index (χ0) is 15.4. The second-order valence-corrected chi connectivity index (χ2v) is 5.48. The third-order valence-corrected chi connectivity index (χ3v) is 3.61. The second kappa shape index (κ2) is 6.44. The van der Waals surface area contributed by atoms with Crippen LogP contribution in [0.5, 0.6) is 0 Å². The largest absolute Gasteiger partial charge is 0.381 e. The Morgan fingerprint density at radius 3 is 2.33 bits per heavy atom. The summed E-state index contributed by atoms with van der Waals surface area (Å²) in [6.07, 6.45) is 0. The van der Waals surface area contributed by atoms with Crippen molar-refractivity contribution in [3.8, 4) is 0 Å². The summed E-state index contributed by atoms with van der Waals surface area (Å²) in [5.41, 5.74) is 6.86. The highest BCUT2D eigenvalue weighted by Gasteiger charge is 2.02. The van der Waals surface area contributed by atoms with E-state index in [9.17, 15) is 4.79 Å². The fourth-order valence-electron chi connectivity index (χ4n) is 2.22. The minimum absolute atomic E-state index is 0.0473. The molecule has 0 heterocycles. The maximum Gasteiger partial charge on any atom is 0.221 e. The van der Waals surface area contributed by atoms with Crippen molar-refractivity contribution in [1.82, 2.24) is 0 Å². The summed E-state index contributed by atoms with van der Waals surface area (Å²) in [7, 11) is 0. The predicted molar refractivity (Wildman–Crippen MR) is 88.7 cm³/mol. The Morgan fingerprint density at radius 1 is 0.952 bits per heavy atom. The van der Waals surface area contributed by atoms with E-state index in [0.717, 1.165) is 23.5 Å². The molecule has 0 aliphatic heterocycles. The van der Waals surface area contributed by atoms with Gasteiger partial charge in [0.1, 0.15) is 0 Å². The Kier molecular flexibility index (Phi) is 4.63. The maximum atomic E-state index is 11.1. The first-order valence-electron chi connectivity index (χ1n) is 7.14. The van der Waals surface area contributed by atoms with Crippen LogP contribution in [0.2, 0.25) is 0 Å². The molecule has 2 aromatic carbocycles. The summed E-state index contributed by atoms with van der Waals surface area (Å²) >= 11 is 0. The fourth-order valence-corrected chi connectivity index (χ4v) is 2.22. The van der Waals surface area contributed by atoms with Crippen LogP contribution in [0.3, 0.4) is 0 Å². The number of hydrogen-bond donors (Lipinski definition) is 2. The smallest absolute Gasteiger partial charge is 0.221 e. The van der Waals surface area contributed by atoms with Crippen LogP contribution < -0.4 is 10.6 Å². The van der Waals surface area contributed by atoms with Crippen molar-refractivity contribution < 1.29 is 4.79 Å². The highest BCUT2D eigenvalue weighted by atomic mass is 16.1. The van der Waals surface area contributed by atoms with Gasteiger partial charge in [0.25, 0.3) is 0 Å². The number of benzene rings is 2. The molecule has 3 heteroatoms. The number of amides is 1. The van der Waals surface area contributed by atoms with Gasteiger partial charge < -0.3 is 10.6 Å². The molecule has 0 atom stereocenters. The standard InChI is InChI=1S/C18H22N2O/c1-12-5-6-16(9-13(12)2)11-19-17-7-8-18(14(3)10-17)20-15(4)21/h5-10,19H,11H2,1-4H3,(H,20,21). The molecular weight excluding hydrogens is 260 g/mol. The summed E-state index contributed by atoms with van der Waals surface area (Å²) in [6, 6.07) is 12.5. The van der Waals surface area contributed by atoms with Crippen LogP contribution in [0.4, 0.5) is 11.4 Å². The number of rotatable bonds is 4. The lowest BCUT2D eigenvalue weighted by atomic mass is 10.1. The van der Waals surface area contributed by atoms with Gasteiger partial charge in [-0.05, 0) is 61.2 Å². The van der Waals surface area contributed by atoms with Gasteiger partial charge in [0.2, 0.25) is 5.91 Å². The fraction of sp³-hybridized carbons (Fsp3) is 0.278. The SMILES string of the molecule is CC(=O)Nc1ccc(NCc2ccc(C)c(C)c2)cc1C. The normalized spacial score (nSPS) is 10.3. The molecule has 0 fully saturated rings. The van der Waals surface area contributed by atoms with Crippen LogP contribution in [0.1, 0.15) is 29.2 Å². The minimum Gasteiger partial charge on any atom is -0.381 e. The molecule has 21 heavy (non-hydrogen) atoms. The summed E-state index contributed by atoms with van der Waals surface area (Å²) in [5, 5.41) is 6.24. The van der Waals surface area contributed by atoms with E-state index < -0.39 is 0 Å². The molecule has 0 aromatic heterocycles. The Morgan fingerprint density at radius 2 is 1.71 bits per heavy atom. The molecule has 3 nitrogen and oxygen atoms in total. The van der Waals surface area contributed by atoms with Crippen LogP contribution in [-0.2, 0) is 11.3 Å². The number of hydrogen-bond acceptors (Lipinski definition) is 2. The molecule has 0 spiro atoms. The van der Waals surface area contributed by atoms with Crippen molar-refractivity contribution in [3.63, 3.8) is 0 Å². The van der Waals surface area contributed by atoms with Gasteiger partial charge in [0.05, 0.1) is 0 Å². The van der Waals surface area contributed by atoms with E-state index in [1.807, 2.05) is 25.1 Å². The van der Waals surface area contributed by atoms with E-state index in [-0.39, 0.29) is 5.91 Å². The lowest BCUT2D eigenvalue weighted by Gasteiger charge is -2.12. The number of anilines is 2. The first-order chi connectivity index (χ1) is 9.95. The molecule has 0 aliphatic carbocycles. The van der Waals surface area contributed by atoms with Gasteiger partial charge in [-0.1, -0.05) is 18.2 Å². The Labute approximate surface area is 126 Å². The Balaban J connectivity index is 2.04. The van der Waals surface area contributed by atoms with E-state index >= 15 is 0 Å². The van der Waals surface area contributed by atoms with E-state index in [1.54, 1.807) is 0 Å². The Hall–Kier alpha value is -2.29. The van der Waals surface area contributed by atoms with Gasteiger partial charge in [0, 0.05) is 24.8 Å². The molecular formula is C18H22N2O. The van der Waals surface area contributed by atoms with E-state index in [2.05, 4.69) is 42.7 Å². The zero-order valence-corrected chi connectivity index (χ0v) is 13.1. The van der Waals surface area contributed by atoms with Crippen molar-refractivity contribution in [3.05, 3.63) is 58.7 Å². The van der Waals surface area contributed by atoms with Crippen LogP contribution in [0.15, 0.2) is 36.4 Å². The number of carbonyl (C=O) groups excluding carboxylic acids is 1. The van der Waals surface area contributed by atoms with E-state index in [0.29, 0.717) is 0 Å². The first-order valence-corrected chi connectivity index (χ1v) is 7.14. The topological polar surface area (TPSA) is 41.1 Å². The molecule has 2 aromatic rings. The molecule has 2 rings (SSSR count). The van der Waals surface area contributed by atoms with Gasteiger partial charge in [0.15, 0.2) is 0 Å². The molecule has 1 amide bonds. The van der Waals surface area contributed by atoms with Crippen molar-refractivity contribution >= 4 is 17.3 Å². The second-order valence-electron chi connectivity index (χ2n) is 5.48. The van der Waals surface area contributed by atoms with Crippen LogP contribution in [0, 0.1) is 20.8 Å². The highest BCUT2D eigenvalue weighted by Crippen LogP contribution is 2.20. The van der Waals surface area contributed by atoms with Gasteiger partial charge in [-0.3, -0.25) is 4.79 Å². The number of aryl methyl sites for hydroxylation is 3. The van der Waals surface area contributed by atoms with Crippen molar-refractivity contribution in [1.29, 1.82) is 0 Å². The summed E-state index contributed by atoms with van der Waals surface area (Å²) in [5.74, 6) is -0.0473. The number of carbonyl (C=O) groups is 1. The van der Waals surface area contributed by atoms with Gasteiger partial charge >= 0.3 is 0 Å². The monoisotopic (exact) mass is 282 g/mol. The average Bonchev–Trinajstić information content (AvgIpc) is 2.42. The quantitative estimate of drug-likeness (QED) is 0.883. The molecule has 0 aliphatic rings. The predicted octanol–water partition coefficient (Wildman–Crippen LogP) is 4.18. The molecule has 110 valence electrons. The van der Waals surface area contributed by atoms with Gasteiger partial charge in [-0.25, -0.2) is 0 Å². The van der Waals surface area contributed by atoms with Crippen LogP contribution in [0.25, 0.3) is 0 Å². The summed E-state index contributed by atoms with van der Waals surface area (Å²) in [6.45, 7) is 8.56. The van der Waals surface area contributed by atoms with E-state index in [1.165, 1.54) is 23.6 Å². The minimum atomic E-state index is -0.0473. The van der Waals surface area contributed by atoms with Crippen LogP contribution >= 0.6 is 0 Å². The molecule has 0 bridgehead atoms. The molecule has 2 N–H and O–H groups in total. The Bertz CT molecular complexity index is 662. The molecule has 0 saturated carbocycles. The first kappa shape index (κ1) is 15.1. The lowest BCUT2D eigenvalue weighted by Crippen LogP contribution is -2.07. The summed E-state index contributed by atoms with van der Waals surface area (Å²) < 4.78 is 0. The van der Waals surface area contributed by atoms with Gasteiger partial charge in [-0.15, -0.1) is 0 Å². The van der Waals surface area contributed by atoms with Crippen molar-refractivity contribution in [2.24, 2.45) is 0 Å². The lowest BCUT2D eigenvalue weighted by molar-refractivity contribution is -0.114. The van der Waals surface area contributed by atoms with E-state index in [4.69, 9.17) is 0 Å². The zero-order valence-electron chi connectivity index (χ0n) is 13.1. The average molecular weight is 282 g/mol. The third kappa shape index (κ3) is 4.09. The molecule has 0 saturated heterocycles. The summed E-state index contributed by atoms with van der Waals surface area (Å²) in [4.78, 5) is 11.1. The van der Waals surface area contributed by atoms with Crippen molar-refractivity contribution in [2.75, 3.05) is 10.6 Å². The third-order valence-electron chi connectivity index (χ3n) is 3.61. The van der Waals surface area contributed by atoms with Crippen LogP contribution in [-0.4, -0.2) is 5.91 Å². The molecule has 0 radical (unpaired) electrons. The van der Waals surface area contributed by atoms with Crippen molar-refractivity contribution in [2.45, 2.75) is 34.2 Å². The molecule has 0 unspecified atom stereocenters. The number of nitrogens with one attached hydrogen (secondary N) is 2. The van der Waals surface area contributed by atoms with Gasteiger partial charge in [-0.2, -0.15) is 0 Å². The highest BCUT2D eigenvalue weighted by molar-refractivity contribution is 5.89. The maximum absolute atomic E-state index is 11.1.